The molecule has 0 aliphatic carbocycles. The number of anilines is 1. The zero-order valence-corrected chi connectivity index (χ0v) is 18.5. The molecule has 0 saturated heterocycles. The van der Waals surface area contributed by atoms with Crippen molar-refractivity contribution >= 4 is 44.8 Å². The van der Waals surface area contributed by atoms with Crippen molar-refractivity contribution in [2.75, 3.05) is 10.8 Å². The number of carbonyl (C=O) groups excluding carboxylic acids is 1. The minimum absolute atomic E-state index is 0.102. The number of sulfonamides is 1. The molecular weight excluding hydrogens is 443 g/mol. The Morgan fingerprint density at radius 1 is 0.933 bits per heavy atom. The van der Waals surface area contributed by atoms with E-state index in [9.17, 15) is 13.2 Å². The van der Waals surface area contributed by atoms with E-state index in [-0.39, 0.29) is 18.0 Å². The van der Waals surface area contributed by atoms with E-state index in [1.165, 1.54) is 12.1 Å². The Morgan fingerprint density at radius 3 is 2.20 bits per heavy atom. The molecule has 0 aliphatic heterocycles. The van der Waals surface area contributed by atoms with Gasteiger partial charge >= 0.3 is 0 Å². The van der Waals surface area contributed by atoms with Gasteiger partial charge in [0, 0.05) is 16.6 Å². The normalized spacial score (nSPS) is 11.2. The molecule has 5 nitrogen and oxygen atoms in total. The maximum Gasteiger partial charge on any atom is 0.264 e. The number of aryl methyl sites for hydroxylation is 1. The van der Waals surface area contributed by atoms with Crippen LogP contribution in [-0.4, -0.2) is 20.9 Å². The van der Waals surface area contributed by atoms with Gasteiger partial charge in [-0.05, 0) is 60.5 Å². The largest absolute Gasteiger partial charge is 0.350 e. The van der Waals surface area contributed by atoms with Gasteiger partial charge in [-0.3, -0.25) is 9.10 Å². The van der Waals surface area contributed by atoms with E-state index in [1.54, 1.807) is 67.6 Å². The smallest absolute Gasteiger partial charge is 0.264 e. The average Bonchev–Trinajstić information content (AvgIpc) is 2.73. The van der Waals surface area contributed by atoms with E-state index in [0.717, 1.165) is 9.87 Å². The first-order valence-corrected chi connectivity index (χ1v) is 11.3. The second kappa shape index (κ2) is 9.51. The fraction of sp³-hybridized carbons (Fsp3) is 0.136. The van der Waals surface area contributed by atoms with Crippen molar-refractivity contribution in [2.24, 2.45) is 0 Å². The van der Waals surface area contributed by atoms with Gasteiger partial charge in [0.05, 0.1) is 10.6 Å². The first-order valence-electron chi connectivity index (χ1n) is 9.12. The second-order valence-electron chi connectivity index (χ2n) is 6.66. The standard InChI is InChI=1S/C22H20Cl2N2O3S/c1-16-13-19(24)11-12-21(16)26(30(28,29)20-5-3-2-4-6-20)15-22(27)25-14-17-7-9-18(23)10-8-17/h2-13H,14-15H2,1H3,(H,25,27). The van der Waals surface area contributed by atoms with E-state index in [4.69, 9.17) is 23.2 Å². The summed E-state index contributed by atoms with van der Waals surface area (Å²) in [5, 5.41) is 3.85. The molecular formula is C22H20Cl2N2O3S. The van der Waals surface area contributed by atoms with Crippen molar-refractivity contribution in [3.63, 3.8) is 0 Å². The number of carbonyl (C=O) groups is 1. The fourth-order valence-electron chi connectivity index (χ4n) is 2.91. The summed E-state index contributed by atoms with van der Waals surface area (Å²) in [6, 6.07) is 19.9. The Balaban J connectivity index is 1.87. The number of amides is 1. The van der Waals surface area contributed by atoms with Crippen LogP contribution in [0, 0.1) is 6.92 Å². The molecule has 3 aromatic carbocycles. The molecule has 3 rings (SSSR count). The molecule has 156 valence electrons. The Kier molecular flexibility index (Phi) is 7.02. The van der Waals surface area contributed by atoms with Gasteiger partial charge in [0.2, 0.25) is 5.91 Å². The second-order valence-corrected chi connectivity index (χ2v) is 9.39. The number of benzene rings is 3. The molecule has 0 atom stereocenters. The molecule has 0 radical (unpaired) electrons. The lowest BCUT2D eigenvalue weighted by Gasteiger charge is -2.25. The third kappa shape index (κ3) is 5.33. The van der Waals surface area contributed by atoms with Crippen LogP contribution >= 0.6 is 23.2 Å². The highest BCUT2D eigenvalue weighted by Gasteiger charge is 2.28. The number of hydrogen-bond donors (Lipinski definition) is 1. The molecule has 0 spiro atoms. The van der Waals surface area contributed by atoms with Crippen LogP contribution in [0.2, 0.25) is 10.0 Å². The fourth-order valence-corrected chi connectivity index (χ4v) is 4.77. The Labute approximate surface area is 186 Å². The van der Waals surface area contributed by atoms with Crippen LogP contribution in [-0.2, 0) is 21.4 Å². The lowest BCUT2D eigenvalue weighted by molar-refractivity contribution is -0.119. The molecule has 3 aromatic rings. The maximum absolute atomic E-state index is 13.3. The molecule has 0 bridgehead atoms. The van der Waals surface area contributed by atoms with Crippen molar-refractivity contribution in [3.05, 3.63) is 94.0 Å². The lowest BCUT2D eigenvalue weighted by Crippen LogP contribution is -2.41. The van der Waals surface area contributed by atoms with Crippen molar-refractivity contribution in [1.29, 1.82) is 0 Å². The number of hydrogen-bond acceptors (Lipinski definition) is 3. The van der Waals surface area contributed by atoms with Crippen LogP contribution in [0.15, 0.2) is 77.7 Å². The van der Waals surface area contributed by atoms with Crippen LogP contribution in [0.1, 0.15) is 11.1 Å². The first kappa shape index (κ1) is 22.2. The van der Waals surface area contributed by atoms with Gasteiger partial charge in [-0.2, -0.15) is 0 Å². The molecule has 0 aliphatic rings. The molecule has 0 fully saturated rings. The first-order chi connectivity index (χ1) is 14.3. The third-order valence-corrected chi connectivity index (χ3v) is 6.71. The van der Waals surface area contributed by atoms with Gasteiger partial charge < -0.3 is 5.32 Å². The quantitative estimate of drug-likeness (QED) is 0.547. The summed E-state index contributed by atoms with van der Waals surface area (Å²) in [6.45, 7) is 1.64. The number of nitrogens with one attached hydrogen (secondary N) is 1. The summed E-state index contributed by atoms with van der Waals surface area (Å²) < 4.78 is 27.7. The Morgan fingerprint density at radius 2 is 1.57 bits per heavy atom. The van der Waals surface area contributed by atoms with Gasteiger partial charge in [0.1, 0.15) is 6.54 Å². The van der Waals surface area contributed by atoms with E-state index in [2.05, 4.69) is 5.32 Å². The summed E-state index contributed by atoms with van der Waals surface area (Å²) in [5.74, 6) is -0.432. The van der Waals surface area contributed by atoms with Crippen molar-refractivity contribution in [1.82, 2.24) is 5.32 Å². The van der Waals surface area contributed by atoms with Gasteiger partial charge in [0.25, 0.3) is 10.0 Å². The molecule has 0 unspecified atom stereocenters. The topological polar surface area (TPSA) is 66.5 Å². The predicted octanol–water partition coefficient (Wildman–Crippen LogP) is 4.81. The molecule has 8 heteroatoms. The molecule has 1 amide bonds. The van der Waals surface area contributed by atoms with Crippen LogP contribution < -0.4 is 9.62 Å². The van der Waals surface area contributed by atoms with Crippen LogP contribution in [0.25, 0.3) is 0 Å². The maximum atomic E-state index is 13.3. The van der Waals surface area contributed by atoms with Gasteiger partial charge in [-0.1, -0.05) is 53.5 Å². The van der Waals surface area contributed by atoms with Gasteiger partial charge in [0.15, 0.2) is 0 Å². The Bertz CT molecular complexity index is 1130. The van der Waals surface area contributed by atoms with Crippen molar-refractivity contribution in [2.45, 2.75) is 18.4 Å². The number of nitrogens with zero attached hydrogens (tertiary/aromatic N) is 1. The summed E-state index contributed by atoms with van der Waals surface area (Å²) in [5.41, 5.74) is 1.89. The van der Waals surface area contributed by atoms with E-state index >= 15 is 0 Å². The van der Waals surface area contributed by atoms with Crippen LogP contribution in [0.5, 0.6) is 0 Å². The molecule has 1 N–H and O–H groups in total. The predicted molar refractivity (Wildman–Crippen MR) is 120 cm³/mol. The number of halogens is 2. The van der Waals surface area contributed by atoms with Crippen LogP contribution in [0.3, 0.4) is 0 Å². The van der Waals surface area contributed by atoms with Gasteiger partial charge in [-0.15, -0.1) is 0 Å². The lowest BCUT2D eigenvalue weighted by atomic mass is 10.2. The molecule has 30 heavy (non-hydrogen) atoms. The highest BCUT2D eigenvalue weighted by molar-refractivity contribution is 7.92. The van der Waals surface area contributed by atoms with E-state index < -0.39 is 15.9 Å². The zero-order valence-electron chi connectivity index (χ0n) is 16.2. The highest BCUT2D eigenvalue weighted by Crippen LogP contribution is 2.28. The summed E-state index contributed by atoms with van der Waals surface area (Å²) >= 11 is 11.9. The van der Waals surface area contributed by atoms with Crippen molar-refractivity contribution in [3.8, 4) is 0 Å². The molecule has 0 saturated carbocycles. The van der Waals surface area contributed by atoms with Crippen molar-refractivity contribution < 1.29 is 13.2 Å². The monoisotopic (exact) mass is 462 g/mol. The Hall–Kier alpha value is -2.54. The minimum Gasteiger partial charge on any atom is -0.350 e. The summed E-state index contributed by atoms with van der Waals surface area (Å²) in [4.78, 5) is 12.8. The summed E-state index contributed by atoms with van der Waals surface area (Å²) in [7, 11) is -3.96. The SMILES string of the molecule is Cc1cc(Cl)ccc1N(CC(=O)NCc1ccc(Cl)cc1)S(=O)(=O)c1ccccc1. The average molecular weight is 463 g/mol. The zero-order chi connectivity index (χ0) is 21.7. The highest BCUT2D eigenvalue weighted by atomic mass is 35.5. The summed E-state index contributed by atoms with van der Waals surface area (Å²) in [6.07, 6.45) is 0. The van der Waals surface area contributed by atoms with Crippen LogP contribution in [0.4, 0.5) is 5.69 Å². The number of rotatable bonds is 7. The van der Waals surface area contributed by atoms with Gasteiger partial charge in [-0.25, -0.2) is 8.42 Å². The molecule has 0 heterocycles. The third-order valence-electron chi connectivity index (χ3n) is 4.45. The minimum atomic E-state index is -3.96. The van der Waals surface area contributed by atoms with E-state index in [1.807, 2.05) is 0 Å². The molecule has 0 aromatic heterocycles. The van der Waals surface area contributed by atoms with E-state index in [0.29, 0.717) is 21.3 Å².